The second-order valence-electron chi connectivity index (χ2n) is 3.14. The third-order valence-electron chi connectivity index (χ3n) is 2.12. The van der Waals surface area contributed by atoms with E-state index in [2.05, 4.69) is 6.92 Å². The molecule has 0 radical (unpaired) electrons. The van der Waals surface area contributed by atoms with Crippen molar-refractivity contribution in [3.05, 3.63) is 29.3 Å². The number of methoxy groups -OCH3 is 1. The average Bonchev–Trinajstić information content (AvgIpc) is 2.16. The molecule has 3 nitrogen and oxygen atoms in total. The molecule has 0 saturated carbocycles. The van der Waals surface area contributed by atoms with Crippen molar-refractivity contribution < 1.29 is 9.53 Å². The van der Waals surface area contributed by atoms with Gasteiger partial charge < -0.3 is 10.5 Å². The van der Waals surface area contributed by atoms with Crippen LogP contribution in [0, 0.1) is 0 Å². The maximum absolute atomic E-state index is 10.8. The van der Waals surface area contributed by atoms with Gasteiger partial charge in [-0.2, -0.15) is 0 Å². The zero-order chi connectivity index (χ0) is 10.6. The largest absolute Gasteiger partial charge is 0.496 e. The highest BCUT2D eigenvalue weighted by Gasteiger charge is 2.06. The first-order valence-corrected chi connectivity index (χ1v) is 4.61. The number of amides is 1. The molecule has 0 aliphatic heterocycles. The Labute approximate surface area is 83.9 Å². The van der Waals surface area contributed by atoms with Crippen molar-refractivity contribution in [3.8, 4) is 5.75 Å². The first-order valence-electron chi connectivity index (χ1n) is 4.61. The summed E-state index contributed by atoms with van der Waals surface area (Å²) in [6, 6.07) is 5.82. The zero-order valence-electron chi connectivity index (χ0n) is 8.54. The van der Waals surface area contributed by atoms with Crippen LogP contribution < -0.4 is 10.5 Å². The van der Waals surface area contributed by atoms with Crippen LogP contribution in [0.4, 0.5) is 0 Å². The number of nitrogens with two attached hydrogens (primary N) is 1. The second-order valence-corrected chi connectivity index (χ2v) is 3.14. The van der Waals surface area contributed by atoms with Crippen LogP contribution in [0.2, 0.25) is 0 Å². The summed E-state index contributed by atoms with van der Waals surface area (Å²) in [5, 5.41) is 0. The number of carbonyl (C=O) groups is 1. The van der Waals surface area contributed by atoms with Crippen molar-refractivity contribution in [1.29, 1.82) is 0 Å². The minimum atomic E-state index is -0.337. The van der Waals surface area contributed by atoms with Crippen LogP contribution in [0.1, 0.15) is 18.1 Å². The number of hydrogen-bond acceptors (Lipinski definition) is 2. The predicted octanol–water partition coefficient (Wildman–Crippen LogP) is 1.29. The van der Waals surface area contributed by atoms with Gasteiger partial charge in [-0.25, -0.2) is 0 Å². The second kappa shape index (κ2) is 4.65. The van der Waals surface area contributed by atoms with Gasteiger partial charge in [-0.1, -0.05) is 19.1 Å². The van der Waals surface area contributed by atoms with Gasteiger partial charge in [0.15, 0.2) is 0 Å². The molecule has 0 unspecified atom stereocenters. The molecule has 0 aliphatic rings. The first-order chi connectivity index (χ1) is 6.67. The third kappa shape index (κ3) is 2.49. The fourth-order valence-corrected chi connectivity index (χ4v) is 1.38. The molecular formula is C11H15NO2. The summed E-state index contributed by atoms with van der Waals surface area (Å²) in [6.07, 6.45) is 1.17. The summed E-state index contributed by atoms with van der Waals surface area (Å²) in [7, 11) is 1.59. The Morgan fingerprint density at radius 2 is 2.21 bits per heavy atom. The highest BCUT2D eigenvalue weighted by Crippen LogP contribution is 2.20. The molecule has 76 valence electrons. The smallest absolute Gasteiger partial charge is 0.221 e. The molecule has 0 saturated heterocycles. The van der Waals surface area contributed by atoms with Crippen LogP contribution in [0.25, 0.3) is 0 Å². The average molecular weight is 193 g/mol. The van der Waals surface area contributed by atoms with E-state index in [0.29, 0.717) is 0 Å². The van der Waals surface area contributed by atoms with E-state index in [9.17, 15) is 4.79 Å². The van der Waals surface area contributed by atoms with E-state index in [-0.39, 0.29) is 12.3 Å². The molecular weight excluding hydrogens is 178 g/mol. The van der Waals surface area contributed by atoms with Crippen LogP contribution in [0.15, 0.2) is 18.2 Å². The summed E-state index contributed by atoms with van der Waals surface area (Å²) in [6.45, 7) is 2.07. The van der Waals surface area contributed by atoms with E-state index >= 15 is 0 Å². The number of aryl methyl sites for hydroxylation is 1. The van der Waals surface area contributed by atoms with Gasteiger partial charge in [0.1, 0.15) is 5.75 Å². The van der Waals surface area contributed by atoms with Crippen LogP contribution in [0.3, 0.4) is 0 Å². The molecule has 0 fully saturated rings. The standard InChI is InChI=1S/C11H15NO2/c1-3-8-4-5-10(14-2)9(6-8)7-11(12)13/h4-6H,3,7H2,1-2H3,(H2,12,13). The van der Waals surface area contributed by atoms with Gasteiger partial charge in [0.2, 0.25) is 5.91 Å². The molecule has 0 atom stereocenters. The molecule has 3 heteroatoms. The Morgan fingerprint density at radius 3 is 2.71 bits per heavy atom. The van der Waals surface area contributed by atoms with E-state index in [4.69, 9.17) is 10.5 Å². The fraction of sp³-hybridized carbons (Fsp3) is 0.364. The Bertz CT molecular complexity index is 334. The molecule has 1 amide bonds. The lowest BCUT2D eigenvalue weighted by molar-refractivity contribution is -0.117. The summed E-state index contributed by atoms with van der Waals surface area (Å²) in [4.78, 5) is 10.8. The molecule has 0 aromatic heterocycles. The third-order valence-corrected chi connectivity index (χ3v) is 2.12. The lowest BCUT2D eigenvalue weighted by atomic mass is 10.1. The number of ether oxygens (including phenoxy) is 1. The first kappa shape index (κ1) is 10.6. The van der Waals surface area contributed by atoms with Crippen LogP contribution in [-0.2, 0) is 17.6 Å². The number of benzene rings is 1. The maximum atomic E-state index is 10.8. The number of hydrogen-bond donors (Lipinski definition) is 1. The lowest BCUT2D eigenvalue weighted by Gasteiger charge is -2.08. The number of carbonyl (C=O) groups excluding carboxylic acids is 1. The quantitative estimate of drug-likeness (QED) is 0.783. The van der Waals surface area contributed by atoms with Crippen molar-refractivity contribution in [2.45, 2.75) is 19.8 Å². The molecule has 1 rings (SSSR count). The summed E-state index contributed by atoms with van der Waals surface area (Å²) >= 11 is 0. The molecule has 0 aliphatic carbocycles. The molecule has 1 aromatic rings. The van der Waals surface area contributed by atoms with Crippen molar-refractivity contribution in [2.24, 2.45) is 5.73 Å². The Kier molecular flexibility index (Phi) is 3.51. The van der Waals surface area contributed by atoms with Crippen LogP contribution in [0.5, 0.6) is 5.75 Å². The molecule has 1 aromatic carbocycles. The van der Waals surface area contributed by atoms with Crippen molar-refractivity contribution >= 4 is 5.91 Å². The van der Waals surface area contributed by atoms with Crippen molar-refractivity contribution in [3.63, 3.8) is 0 Å². The van der Waals surface area contributed by atoms with Gasteiger partial charge in [0.05, 0.1) is 13.5 Å². The monoisotopic (exact) mass is 193 g/mol. The minimum Gasteiger partial charge on any atom is -0.496 e. The minimum absolute atomic E-state index is 0.233. The van der Waals surface area contributed by atoms with E-state index < -0.39 is 0 Å². The molecule has 0 heterocycles. The topological polar surface area (TPSA) is 52.3 Å². The molecule has 2 N–H and O–H groups in total. The molecule has 14 heavy (non-hydrogen) atoms. The highest BCUT2D eigenvalue weighted by molar-refractivity contribution is 5.77. The SMILES string of the molecule is CCc1ccc(OC)c(CC(N)=O)c1. The van der Waals surface area contributed by atoms with E-state index in [1.165, 1.54) is 5.56 Å². The van der Waals surface area contributed by atoms with Crippen molar-refractivity contribution in [2.75, 3.05) is 7.11 Å². The van der Waals surface area contributed by atoms with E-state index in [1.54, 1.807) is 7.11 Å². The Morgan fingerprint density at radius 1 is 1.50 bits per heavy atom. The molecule has 0 spiro atoms. The maximum Gasteiger partial charge on any atom is 0.221 e. The predicted molar refractivity (Wildman–Crippen MR) is 55.3 cm³/mol. The van der Waals surface area contributed by atoms with Crippen LogP contribution in [-0.4, -0.2) is 13.0 Å². The zero-order valence-corrected chi connectivity index (χ0v) is 8.54. The van der Waals surface area contributed by atoms with Gasteiger partial charge in [-0.05, 0) is 18.1 Å². The lowest BCUT2D eigenvalue weighted by Crippen LogP contribution is -2.14. The van der Waals surface area contributed by atoms with Gasteiger partial charge in [-0.15, -0.1) is 0 Å². The van der Waals surface area contributed by atoms with E-state index in [0.717, 1.165) is 17.7 Å². The number of primary amides is 1. The highest BCUT2D eigenvalue weighted by atomic mass is 16.5. The Balaban J connectivity index is 3.01. The molecule has 0 bridgehead atoms. The van der Waals surface area contributed by atoms with Gasteiger partial charge in [-0.3, -0.25) is 4.79 Å². The van der Waals surface area contributed by atoms with Crippen molar-refractivity contribution in [1.82, 2.24) is 0 Å². The van der Waals surface area contributed by atoms with Gasteiger partial charge in [0, 0.05) is 5.56 Å². The fourth-order valence-electron chi connectivity index (χ4n) is 1.38. The summed E-state index contributed by atoms with van der Waals surface area (Å²) < 4.78 is 5.14. The normalized spacial score (nSPS) is 9.86. The van der Waals surface area contributed by atoms with E-state index in [1.807, 2.05) is 18.2 Å². The van der Waals surface area contributed by atoms with Crippen LogP contribution >= 0.6 is 0 Å². The van der Waals surface area contributed by atoms with Gasteiger partial charge in [0.25, 0.3) is 0 Å². The number of rotatable bonds is 4. The summed E-state index contributed by atoms with van der Waals surface area (Å²) in [5.74, 6) is 0.387. The summed E-state index contributed by atoms with van der Waals surface area (Å²) in [5.41, 5.74) is 7.19. The van der Waals surface area contributed by atoms with Gasteiger partial charge >= 0.3 is 0 Å². The Hall–Kier alpha value is -1.51.